The highest BCUT2D eigenvalue weighted by atomic mass is 16.8. The van der Waals surface area contributed by atoms with E-state index in [4.69, 9.17) is 0 Å². The van der Waals surface area contributed by atoms with Crippen molar-refractivity contribution < 1.29 is 47.6 Å². The van der Waals surface area contributed by atoms with Gasteiger partial charge in [0.05, 0.1) is 0 Å². The summed E-state index contributed by atoms with van der Waals surface area (Å²) in [6.45, 7) is 3.04. The summed E-state index contributed by atoms with van der Waals surface area (Å²) in [5.74, 6) is -0.791. The largest absolute Gasteiger partial charge is 0.508 e. The first kappa shape index (κ1) is 17.5. The average Bonchev–Trinajstić information content (AvgIpc) is 3.03. The number of carbonyl (C=O) groups is 4. The molecule has 2 atom stereocenters. The Morgan fingerprint density at radius 3 is 1.50 bits per heavy atom. The number of hydrogen-bond donors (Lipinski definition) is 0. The van der Waals surface area contributed by atoms with Gasteiger partial charge in [-0.15, -0.1) is 0 Å². The van der Waals surface area contributed by atoms with Gasteiger partial charge in [-0.25, -0.2) is 9.59 Å². The first-order valence-corrected chi connectivity index (χ1v) is 6.30. The summed E-state index contributed by atoms with van der Waals surface area (Å²) in [5, 5.41) is 0. The summed E-state index contributed by atoms with van der Waals surface area (Å²) in [6, 6.07) is 0. The van der Waals surface area contributed by atoms with E-state index in [-0.39, 0.29) is 26.4 Å². The van der Waals surface area contributed by atoms with Crippen molar-refractivity contribution in [3.63, 3.8) is 0 Å². The van der Waals surface area contributed by atoms with Crippen LogP contribution in [0.1, 0.15) is 13.8 Å². The van der Waals surface area contributed by atoms with Crippen molar-refractivity contribution in [2.45, 2.75) is 26.1 Å². The lowest BCUT2D eigenvalue weighted by molar-refractivity contribution is -0.144. The maximum absolute atomic E-state index is 10.3. The van der Waals surface area contributed by atoms with Gasteiger partial charge >= 0.3 is 24.2 Å². The fraction of sp³-hybridized carbons (Fsp3) is 0.667. The van der Waals surface area contributed by atoms with E-state index in [1.165, 1.54) is 13.8 Å². The van der Waals surface area contributed by atoms with E-state index in [0.717, 1.165) is 0 Å². The third-order valence-corrected chi connectivity index (χ3v) is 2.24. The summed E-state index contributed by atoms with van der Waals surface area (Å²) >= 11 is 0. The molecule has 2 saturated heterocycles. The minimum absolute atomic E-state index is 0.0705. The van der Waals surface area contributed by atoms with Gasteiger partial charge in [0.25, 0.3) is 0 Å². The summed E-state index contributed by atoms with van der Waals surface area (Å²) in [7, 11) is 0. The zero-order chi connectivity index (χ0) is 16.5. The van der Waals surface area contributed by atoms with Gasteiger partial charge in [-0.2, -0.15) is 0 Å². The van der Waals surface area contributed by atoms with E-state index in [9.17, 15) is 19.2 Å². The smallest absolute Gasteiger partial charge is 0.462 e. The Kier molecular flexibility index (Phi) is 6.93. The molecule has 0 spiro atoms. The lowest BCUT2D eigenvalue weighted by Crippen LogP contribution is -2.19. The monoisotopic (exact) mass is 320 g/mol. The van der Waals surface area contributed by atoms with Crippen molar-refractivity contribution in [2.75, 3.05) is 26.4 Å². The molecule has 2 rings (SSSR count). The van der Waals surface area contributed by atoms with E-state index < -0.39 is 36.5 Å². The van der Waals surface area contributed by atoms with Gasteiger partial charge in [-0.1, -0.05) is 0 Å². The standard InChI is InChI=1S/2C6H8O5/c2*1-4(7)9-2-5-3-10-6(8)11-5/h2*5H,2-3H2,1H3. The third kappa shape index (κ3) is 7.31. The Balaban J connectivity index is 0.000000220. The molecule has 2 aliphatic rings. The van der Waals surface area contributed by atoms with Crippen molar-refractivity contribution in [1.29, 1.82) is 0 Å². The first-order chi connectivity index (χ1) is 10.4. The molecule has 10 nitrogen and oxygen atoms in total. The Hall–Kier alpha value is -2.52. The van der Waals surface area contributed by atoms with Crippen LogP contribution in [0, 0.1) is 0 Å². The van der Waals surface area contributed by atoms with E-state index >= 15 is 0 Å². The predicted molar refractivity (Wildman–Crippen MR) is 65.7 cm³/mol. The van der Waals surface area contributed by atoms with Crippen molar-refractivity contribution >= 4 is 24.2 Å². The highest BCUT2D eigenvalue weighted by molar-refractivity contribution is 5.66. The summed E-state index contributed by atoms with van der Waals surface area (Å²) in [6.07, 6.45) is -2.29. The molecule has 22 heavy (non-hydrogen) atoms. The lowest BCUT2D eigenvalue weighted by Gasteiger charge is -2.04. The van der Waals surface area contributed by atoms with Gasteiger partial charge in [0.15, 0.2) is 12.2 Å². The molecule has 0 aromatic rings. The number of ether oxygens (including phenoxy) is 6. The van der Waals surface area contributed by atoms with Crippen LogP contribution in [-0.4, -0.2) is 62.9 Å². The van der Waals surface area contributed by atoms with E-state index in [2.05, 4.69) is 28.4 Å². The molecule has 0 saturated carbocycles. The van der Waals surface area contributed by atoms with Gasteiger partial charge < -0.3 is 28.4 Å². The van der Waals surface area contributed by atoms with Crippen LogP contribution in [0.2, 0.25) is 0 Å². The average molecular weight is 320 g/mol. The number of rotatable bonds is 4. The van der Waals surface area contributed by atoms with Gasteiger partial charge in [0.1, 0.15) is 26.4 Å². The molecule has 124 valence electrons. The highest BCUT2D eigenvalue weighted by Gasteiger charge is 2.26. The van der Waals surface area contributed by atoms with E-state index in [0.29, 0.717) is 0 Å². The lowest BCUT2D eigenvalue weighted by atomic mass is 10.4. The quantitative estimate of drug-likeness (QED) is 0.523. The van der Waals surface area contributed by atoms with Gasteiger partial charge in [-0.3, -0.25) is 9.59 Å². The van der Waals surface area contributed by atoms with E-state index in [1.54, 1.807) is 0 Å². The van der Waals surface area contributed by atoms with Crippen LogP contribution < -0.4 is 0 Å². The van der Waals surface area contributed by atoms with Crippen LogP contribution in [0.25, 0.3) is 0 Å². The molecule has 0 amide bonds. The van der Waals surface area contributed by atoms with Crippen LogP contribution in [0.3, 0.4) is 0 Å². The Morgan fingerprint density at radius 1 is 0.909 bits per heavy atom. The van der Waals surface area contributed by atoms with Gasteiger partial charge in [0.2, 0.25) is 0 Å². The van der Waals surface area contributed by atoms with Crippen LogP contribution in [0.4, 0.5) is 9.59 Å². The van der Waals surface area contributed by atoms with Gasteiger partial charge in [0, 0.05) is 13.8 Å². The van der Waals surface area contributed by atoms with Crippen molar-refractivity contribution in [3.8, 4) is 0 Å². The number of esters is 2. The Bertz CT molecular complexity index is 392. The minimum Gasteiger partial charge on any atom is -0.462 e. The maximum atomic E-state index is 10.3. The molecule has 0 N–H and O–H groups in total. The highest BCUT2D eigenvalue weighted by Crippen LogP contribution is 2.06. The second kappa shape index (κ2) is 8.70. The second-order valence-corrected chi connectivity index (χ2v) is 4.21. The molecule has 2 fully saturated rings. The Labute approximate surface area is 125 Å². The normalized spacial score (nSPS) is 22.3. The molecule has 0 aromatic carbocycles. The zero-order valence-corrected chi connectivity index (χ0v) is 12.1. The van der Waals surface area contributed by atoms with Crippen LogP contribution >= 0.6 is 0 Å². The molecule has 0 aromatic heterocycles. The predicted octanol–water partition coefficient (Wildman–Crippen LogP) is 0.170. The second-order valence-electron chi connectivity index (χ2n) is 4.21. The molecule has 2 aliphatic heterocycles. The molecular formula is C12H16O10. The Morgan fingerprint density at radius 2 is 1.27 bits per heavy atom. The van der Waals surface area contributed by atoms with Crippen LogP contribution in [0.15, 0.2) is 0 Å². The molecule has 0 aliphatic carbocycles. The number of carbonyl (C=O) groups excluding carboxylic acids is 4. The minimum atomic E-state index is -0.706. The SMILES string of the molecule is CC(=O)OCC1COC(=O)O1.CC(=O)OCC1COC(=O)O1. The van der Waals surface area contributed by atoms with Crippen molar-refractivity contribution in [3.05, 3.63) is 0 Å². The van der Waals surface area contributed by atoms with Crippen molar-refractivity contribution in [1.82, 2.24) is 0 Å². The molecular weight excluding hydrogens is 304 g/mol. The fourth-order valence-corrected chi connectivity index (χ4v) is 1.32. The zero-order valence-electron chi connectivity index (χ0n) is 12.1. The molecule has 0 bridgehead atoms. The third-order valence-electron chi connectivity index (χ3n) is 2.24. The first-order valence-electron chi connectivity index (χ1n) is 6.30. The topological polar surface area (TPSA) is 124 Å². The maximum Gasteiger partial charge on any atom is 0.508 e. The summed E-state index contributed by atoms with van der Waals surface area (Å²) in [5.41, 5.74) is 0. The summed E-state index contributed by atoms with van der Waals surface area (Å²) < 4.78 is 27.2. The molecule has 2 heterocycles. The molecule has 0 radical (unpaired) electrons. The number of hydrogen-bond acceptors (Lipinski definition) is 10. The van der Waals surface area contributed by atoms with Gasteiger partial charge in [-0.05, 0) is 0 Å². The summed E-state index contributed by atoms with van der Waals surface area (Å²) in [4.78, 5) is 41.2. The van der Waals surface area contributed by atoms with E-state index in [1.807, 2.05) is 0 Å². The van der Waals surface area contributed by atoms with Crippen LogP contribution in [-0.2, 0) is 38.0 Å². The molecule has 10 heteroatoms. The van der Waals surface area contributed by atoms with Crippen molar-refractivity contribution in [2.24, 2.45) is 0 Å². The molecule has 2 unspecified atom stereocenters. The number of cyclic esters (lactones) is 4. The van der Waals surface area contributed by atoms with Crippen LogP contribution in [0.5, 0.6) is 0 Å². The fourth-order valence-electron chi connectivity index (χ4n) is 1.32.